The first-order valence-corrected chi connectivity index (χ1v) is 5.90. The van der Waals surface area contributed by atoms with E-state index < -0.39 is 0 Å². The smallest absolute Gasteiger partial charge is 0.0425 e. The number of aromatic nitrogens is 1. The van der Waals surface area contributed by atoms with Crippen molar-refractivity contribution in [3.05, 3.63) is 30.1 Å². The standard InChI is InChI=1S/C13H20N2/c1-11-4-2-7-13(14,8-6-11)12-5-3-9-15-10-12/h3,5,9-11H,2,4,6-8,14H2,1H3. The zero-order chi connectivity index (χ0) is 10.7. The molecule has 0 saturated heterocycles. The lowest BCUT2D eigenvalue weighted by atomic mass is 9.84. The summed E-state index contributed by atoms with van der Waals surface area (Å²) in [5.74, 6) is 0.826. The second-order valence-electron chi connectivity index (χ2n) is 4.93. The second kappa shape index (κ2) is 4.31. The molecule has 2 heteroatoms. The molecular weight excluding hydrogens is 184 g/mol. The highest BCUT2D eigenvalue weighted by molar-refractivity contribution is 5.20. The quantitative estimate of drug-likeness (QED) is 0.714. The van der Waals surface area contributed by atoms with Gasteiger partial charge in [-0.05, 0) is 36.8 Å². The summed E-state index contributed by atoms with van der Waals surface area (Å²) in [5, 5.41) is 0. The van der Waals surface area contributed by atoms with Crippen LogP contribution in [-0.2, 0) is 5.54 Å². The van der Waals surface area contributed by atoms with Gasteiger partial charge in [-0.2, -0.15) is 0 Å². The molecule has 0 amide bonds. The van der Waals surface area contributed by atoms with E-state index in [4.69, 9.17) is 5.73 Å². The minimum Gasteiger partial charge on any atom is -0.321 e. The van der Waals surface area contributed by atoms with Crippen LogP contribution in [0.4, 0.5) is 0 Å². The third-order valence-corrected chi connectivity index (χ3v) is 3.64. The van der Waals surface area contributed by atoms with Crippen molar-refractivity contribution in [3.8, 4) is 0 Å². The van der Waals surface area contributed by atoms with E-state index in [2.05, 4.69) is 18.0 Å². The van der Waals surface area contributed by atoms with Gasteiger partial charge in [0.25, 0.3) is 0 Å². The maximum absolute atomic E-state index is 6.50. The molecule has 0 radical (unpaired) electrons. The number of hydrogen-bond acceptors (Lipinski definition) is 2. The highest BCUT2D eigenvalue weighted by Gasteiger charge is 2.29. The summed E-state index contributed by atoms with van der Waals surface area (Å²) < 4.78 is 0. The first-order valence-electron chi connectivity index (χ1n) is 5.90. The van der Waals surface area contributed by atoms with Crippen LogP contribution in [-0.4, -0.2) is 4.98 Å². The molecule has 0 bridgehead atoms. The number of rotatable bonds is 1. The molecule has 15 heavy (non-hydrogen) atoms. The van der Waals surface area contributed by atoms with Crippen LogP contribution in [0.25, 0.3) is 0 Å². The largest absolute Gasteiger partial charge is 0.321 e. The molecule has 2 rings (SSSR count). The average molecular weight is 204 g/mol. The first kappa shape index (κ1) is 10.6. The Morgan fingerprint density at radius 3 is 3.00 bits per heavy atom. The van der Waals surface area contributed by atoms with Crippen LogP contribution in [0.3, 0.4) is 0 Å². The van der Waals surface area contributed by atoms with Gasteiger partial charge in [-0.25, -0.2) is 0 Å². The van der Waals surface area contributed by atoms with E-state index in [9.17, 15) is 0 Å². The van der Waals surface area contributed by atoms with Gasteiger partial charge in [0.05, 0.1) is 0 Å². The Bertz CT molecular complexity index is 310. The summed E-state index contributed by atoms with van der Waals surface area (Å²) in [5.41, 5.74) is 7.58. The fourth-order valence-electron chi connectivity index (χ4n) is 2.49. The van der Waals surface area contributed by atoms with E-state index in [0.717, 1.165) is 18.8 Å². The highest BCUT2D eigenvalue weighted by Crippen LogP contribution is 2.35. The van der Waals surface area contributed by atoms with E-state index >= 15 is 0 Å². The molecule has 0 aliphatic heterocycles. The topological polar surface area (TPSA) is 38.9 Å². The Morgan fingerprint density at radius 1 is 1.40 bits per heavy atom. The van der Waals surface area contributed by atoms with Crippen molar-refractivity contribution in [2.75, 3.05) is 0 Å². The molecule has 2 nitrogen and oxygen atoms in total. The van der Waals surface area contributed by atoms with Gasteiger partial charge in [-0.3, -0.25) is 4.98 Å². The van der Waals surface area contributed by atoms with Crippen molar-refractivity contribution in [1.82, 2.24) is 4.98 Å². The highest BCUT2D eigenvalue weighted by atomic mass is 14.8. The molecule has 1 aliphatic carbocycles. The lowest BCUT2D eigenvalue weighted by Gasteiger charge is -2.28. The Labute approximate surface area is 91.9 Å². The monoisotopic (exact) mass is 204 g/mol. The molecule has 2 unspecified atom stereocenters. The number of pyridine rings is 1. The first-order chi connectivity index (χ1) is 7.21. The van der Waals surface area contributed by atoms with Crippen LogP contribution in [0, 0.1) is 5.92 Å². The lowest BCUT2D eigenvalue weighted by molar-refractivity contribution is 0.377. The molecule has 0 aromatic carbocycles. The van der Waals surface area contributed by atoms with Crippen LogP contribution in [0.15, 0.2) is 24.5 Å². The lowest BCUT2D eigenvalue weighted by Crippen LogP contribution is -2.36. The Morgan fingerprint density at radius 2 is 2.27 bits per heavy atom. The zero-order valence-corrected chi connectivity index (χ0v) is 9.45. The predicted octanol–water partition coefficient (Wildman–Crippen LogP) is 2.84. The Hall–Kier alpha value is -0.890. The molecular formula is C13H20N2. The van der Waals surface area contributed by atoms with Crippen LogP contribution in [0.1, 0.15) is 44.6 Å². The number of hydrogen-bond donors (Lipinski definition) is 1. The van der Waals surface area contributed by atoms with Gasteiger partial charge in [-0.15, -0.1) is 0 Å². The summed E-state index contributed by atoms with van der Waals surface area (Å²) in [6.07, 6.45) is 9.74. The minimum atomic E-state index is -0.126. The van der Waals surface area contributed by atoms with E-state index in [1.165, 1.54) is 24.8 Å². The Balaban J connectivity index is 2.19. The van der Waals surface area contributed by atoms with E-state index in [1.54, 1.807) is 0 Å². The van der Waals surface area contributed by atoms with Crippen molar-refractivity contribution in [2.24, 2.45) is 11.7 Å². The van der Waals surface area contributed by atoms with Crippen LogP contribution in [0.5, 0.6) is 0 Å². The van der Waals surface area contributed by atoms with Crippen molar-refractivity contribution in [3.63, 3.8) is 0 Å². The second-order valence-corrected chi connectivity index (χ2v) is 4.93. The van der Waals surface area contributed by atoms with Gasteiger partial charge in [0.15, 0.2) is 0 Å². The normalized spacial score (nSPS) is 32.3. The van der Waals surface area contributed by atoms with Crippen molar-refractivity contribution < 1.29 is 0 Å². The van der Waals surface area contributed by atoms with Crippen LogP contribution in [0.2, 0.25) is 0 Å². The third-order valence-electron chi connectivity index (χ3n) is 3.64. The molecule has 1 aromatic heterocycles. The Kier molecular flexibility index (Phi) is 3.06. The van der Waals surface area contributed by atoms with Gasteiger partial charge < -0.3 is 5.73 Å². The molecule has 82 valence electrons. The molecule has 0 spiro atoms. The molecule has 1 heterocycles. The van der Waals surface area contributed by atoms with E-state index in [1.807, 2.05) is 18.5 Å². The van der Waals surface area contributed by atoms with Crippen LogP contribution < -0.4 is 5.73 Å². The minimum absolute atomic E-state index is 0.126. The maximum Gasteiger partial charge on any atom is 0.0425 e. The summed E-state index contributed by atoms with van der Waals surface area (Å²) in [4.78, 5) is 4.17. The van der Waals surface area contributed by atoms with Crippen LogP contribution >= 0.6 is 0 Å². The molecule has 1 aliphatic rings. The summed E-state index contributed by atoms with van der Waals surface area (Å²) in [6.45, 7) is 2.33. The summed E-state index contributed by atoms with van der Waals surface area (Å²) in [7, 11) is 0. The van der Waals surface area contributed by atoms with Crippen molar-refractivity contribution in [1.29, 1.82) is 0 Å². The summed E-state index contributed by atoms with van der Waals surface area (Å²) in [6, 6.07) is 4.10. The molecule has 1 aromatic rings. The van der Waals surface area contributed by atoms with Gasteiger partial charge in [-0.1, -0.05) is 25.8 Å². The summed E-state index contributed by atoms with van der Waals surface area (Å²) >= 11 is 0. The van der Waals surface area contributed by atoms with E-state index in [0.29, 0.717) is 0 Å². The van der Waals surface area contributed by atoms with Gasteiger partial charge in [0.2, 0.25) is 0 Å². The van der Waals surface area contributed by atoms with E-state index in [-0.39, 0.29) is 5.54 Å². The number of nitrogens with zero attached hydrogens (tertiary/aromatic N) is 1. The maximum atomic E-state index is 6.50. The fourth-order valence-corrected chi connectivity index (χ4v) is 2.49. The average Bonchev–Trinajstić information content (AvgIpc) is 2.44. The van der Waals surface area contributed by atoms with Gasteiger partial charge in [0, 0.05) is 17.9 Å². The SMILES string of the molecule is CC1CCCC(N)(c2cccnc2)CC1. The van der Waals surface area contributed by atoms with Gasteiger partial charge >= 0.3 is 0 Å². The number of nitrogens with two attached hydrogens (primary N) is 1. The predicted molar refractivity (Wildman–Crippen MR) is 62.4 cm³/mol. The van der Waals surface area contributed by atoms with Gasteiger partial charge in [0.1, 0.15) is 0 Å². The van der Waals surface area contributed by atoms with Crippen molar-refractivity contribution in [2.45, 2.75) is 44.6 Å². The molecule has 1 fully saturated rings. The molecule has 2 N–H and O–H groups in total. The third kappa shape index (κ3) is 2.37. The molecule has 2 atom stereocenters. The fraction of sp³-hybridized carbons (Fsp3) is 0.615. The zero-order valence-electron chi connectivity index (χ0n) is 9.45. The van der Waals surface area contributed by atoms with Crippen molar-refractivity contribution >= 4 is 0 Å². The molecule has 1 saturated carbocycles.